The van der Waals surface area contributed by atoms with Crippen molar-refractivity contribution in [1.82, 2.24) is 5.32 Å². The van der Waals surface area contributed by atoms with Crippen LogP contribution in [0.5, 0.6) is 0 Å². The summed E-state index contributed by atoms with van der Waals surface area (Å²) in [5, 5.41) is 7.82. The van der Waals surface area contributed by atoms with Crippen molar-refractivity contribution in [2.45, 2.75) is 24.3 Å². The molecule has 2 atom stereocenters. The van der Waals surface area contributed by atoms with Crippen molar-refractivity contribution in [1.29, 1.82) is 0 Å². The SMILES string of the molecule is C[C@@H]1Cc2ccccc2[C@@H]1NC(=O)c1ccc(S(N)(=O)=O)c(F)c1. The van der Waals surface area contributed by atoms with Crippen LogP contribution in [0.25, 0.3) is 0 Å². The van der Waals surface area contributed by atoms with Gasteiger partial charge < -0.3 is 5.32 Å². The monoisotopic (exact) mass is 348 g/mol. The van der Waals surface area contributed by atoms with Crippen molar-refractivity contribution in [2.75, 3.05) is 0 Å². The van der Waals surface area contributed by atoms with E-state index >= 15 is 0 Å². The third-order valence-electron chi connectivity index (χ3n) is 4.29. The lowest BCUT2D eigenvalue weighted by atomic mass is 10.0. The maximum Gasteiger partial charge on any atom is 0.251 e. The van der Waals surface area contributed by atoms with Gasteiger partial charge in [0.1, 0.15) is 10.7 Å². The quantitative estimate of drug-likeness (QED) is 0.890. The van der Waals surface area contributed by atoms with Gasteiger partial charge in [-0.05, 0) is 41.7 Å². The molecule has 0 aromatic heterocycles. The summed E-state index contributed by atoms with van der Waals surface area (Å²) in [5.74, 6) is -1.27. The summed E-state index contributed by atoms with van der Waals surface area (Å²) in [6.07, 6.45) is 0.861. The van der Waals surface area contributed by atoms with Gasteiger partial charge >= 0.3 is 0 Å². The van der Waals surface area contributed by atoms with Crippen LogP contribution in [0.2, 0.25) is 0 Å². The highest BCUT2D eigenvalue weighted by Crippen LogP contribution is 2.35. The highest BCUT2D eigenvalue weighted by Gasteiger charge is 2.30. The van der Waals surface area contributed by atoms with Crippen LogP contribution in [0.4, 0.5) is 4.39 Å². The number of hydrogen-bond donors (Lipinski definition) is 2. The smallest absolute Gasteiger partial charge is 0.251 e. The summed E-state index contributed by atoms with van der Waals surface area (Å²) in [6.45, 7) is 2.04. The van der Waals surface area contributed by atoms with Gasteiger partial charge in [0.2, 0.25) is 10.0 Å². The summed E-state index contributed by atoms with van der Waals surface area (Å²) in [4.78, 5) is 11.8. The Hall–Kier alpha value is -2.25. The molecule has 0 fully saturated rings. The minimum absolute atomic E-state index is 0.0523. The topological polar surface area (TPSA) is 89.3 Å². The number of sulfonamides is 1. The summed E-state index contributed by atoms with van der Waals surface area (Å²) in [7, 11) is -4.15. The van der Waals surface area contributed by atoms with E-state index in [1.807, 2.05) is 31.2 Å². The van der Waals surface area contributed by atoms with Gasteiger partial charge in [0, 0.05) is 5.56 Å². The Bertz CT molecular complexity index is 912. The lowest BCUT2D eigenvalue weighted by Crippen LogP contribution is -2.30. The van der Waals surface area contributed by atoms with Crippen molar-refractivity contribution in [2.24, 2.45) is 11.1 Å². The Kier molecular flexibility index (Phi) is 4.15. The fraction of sp³-hybridized carbons (Fsp3) is 0.235. The molecule has 2 aromatic rings. The number of carbonyl (C=O) groups excluding carboxylic acids is 1. The average molecular weight is 348 g/mol. The zero-order valence-electron chi connectivity index (χ0n) is 13.0. The first-order valence-electron chi connectivity index (χ1n) is 7.48. The largest absolute Gasteiger partial charge is 0.345 e. The first-order valence-corrected chi connectivity index (χ1v) is 9.03. The van der Waals surface area contributed by atoms with E-state index in [2.05, 4.69) is 5.32 Å². The number of carbonyl (C=O) groups is 1. The number of fused-ring (bicyclic) bond motifs is 1. The van der Waals surface area contributed by atoms with Crippen molar-refractivity contribution in [3.8, 4) is 0 Å². The standard InChI is InChI=1S/C17H17FN2O3S/c1-10-8-11-4-2-3-5-13(11)16(10)20-17(21)12-6-7-15(14(18)9-12)24(19,22)23/h2-7,9-10,16H,8H2,1H3,(H,20,21)(H2,19,22,23)/t10-,16-/m1/s1. The number of rotatable bonds is 3. The van der Waals surface area contributed by atoms with E-state index in [0.717, 1.165) is 24.1 Å². The summed E-state index contributed by atoms with van der Waals surface area (Å²) >= 11 is 0. The van der Waals surface area contributed by atoms with Gasteiger partial charge in [-0.15, -0.1) is 0 Å². The Morgan fingerprint density at radius 1 is 1.25 bits per heavy atom. The van der Waals surface area contributed by atoms with E-state index < -0.39 is 26.6 Å². The predicted octanol–water partition coefficient (Wildman–Crippen LogP) is 2.14. The lowest BCUT2D eigenvalue weighted by Gasteiger charge is -2.19. The highest BCUT2D eigenvalue weighted by atomic mass is 32.2. The summed E-state index contributed by atoms with van der Waals surface area (Å²) < 4.78 is 36.4. The van der Waals surface area contributed by atoms with Crippen molar-refractivity contribution >= 4 is 15.9 Å². The van der Waals surface area contributed by atoms with Gasteiger partial charge in [-0.1, -0.05) is 31.2 Å². The van der Waals surface area contributed by atoms with Gasteiger partial charge in [-0.2, -0.15) is 0 Å². The number of amides is 1. The van der Waals surface area contributed by atoms with E-state index in [4.69, 9.17) is 5.14 Å². The molecule has 7 heteroatoms. The van der Waals surface area contributed by atoms with Crippen LogP contribution in [0.15, 0.2) is 47.4 Å². The number of benzene rings is 2. The minimum atomic E-state index is -4.15. The zero-order chi connectivity index (χ0) is 17.5. The number of halogens is 1. The molecule has 0 spiro atoms. The van der Waals surface area contributed by atoms with Crippen LogP contribution in [-0.4, -0.2) is 14.3 Å². The number of nitrogens with one attached hydrogen (secondary N) is 1. The van der Waals surface area contributed by atoms with Crippen LogP contribution >= 0.6 is 0 Å². The second-order valence-electron chi connectivity index (χ2n) is 6.02. The minimum Gasteiger partial charge on any atom is -0.345 e. The molecule has 0 heterocycles. The van der Waals surface area contributed by atoms with Crippen LogP contribution < -0.4 is 10.5 Å². The zero-order valence-corrected chi connectivity index (χ0v) is 13.8. The molecule has 1 aliphatic carbocycles. The molecular weight excluding hydrogens is 331 g/mol. The highest BCUT2D eigenvalue weighted by molar-refractivity contribution is 7.89. The van der Waals surface area contributed by atoms with Crippen LogP contribution in [0.1, 0.15) is 34.5 Å². The Balaban J connectivity index is 1.85. The maximum atomic E-state index is 13.9. The van der Waals surface area contributed by atoms with E-state index in [1.165, 1.54) is 11.6 Å². The average Bonchev–Trinajstić information content (AvgIpc) is 2.82. The molecule has 0 saturated heterocycles. The fourth-order valence-electron chi connectivity index (χ4n) is 3.11. The normalized spacial score (nSPS) is 19.8. The Morgan fingerprint density at radius 2 is 1.96 bits per heavy atom. The number of nitrogens with two attached hydrogens (primary N) is 1. The molecule has 3 N–H and O–H groups in total. The summed E-state index contributed by atoms with van der Waals surface area (Å²) in [6, 6.07) is 10.9. The molecular formula is C17H17FN2O3S. The van der Waals surface area contributed by atoms with Gasteiger partial charge in [-0.3, -0.25) is 4.79 Å². The van der Waals surface area contributed by atoms with Gasteiger partial charge in [-0.25, -0.2) is 17.9 Å². The van der Waals surface area contributed by atoms with E-state index in [9.17, 15) is 17.6 Å². The molecule has 5 nitrogen and oxygen atoms in total. The molecule has 0 unspecified atom stereocenters. The number of hydrogen-bond acceptors (Lipinski definition) is 3. The fourth-order valence-corrected chi connectivity index (χ4v) is 3.70. The van der Waals surface area contributed by atoms with Crippen LogP contribution in [0, 0.1) is 11.7 Å². The Morgan fingerprint density at radius 3 is 2.62 bits per heavy atom. The third-order valence-corrected chi connectivity index (χ3v) is 5.23. The van der Waals surface area contributed by atoms with Crippen molar-refractivity contribution in [3.63, 3.8) is 0 Å². The lowest BCUT2D eigenvalue weighted by molar-refractivity contribution is 0.0926. The van der Waals surface area contributed by atoms with Crippen LogP contribution in [-0.2, 0) is 16.4 Å². The van der Waals surface area contributed by atoms with Gasteiger partial charge in [0.15, 0.2) is 0 Å². The molecule has 0 bridgehead atoms. The van der Waals surface area contributed by atoms with Crippen LogP contribution in [0.3, 0.4) is 0 Å². The van der Waals surface area contributed by atoms with Crippen molar-refractivity contribution in [3.05, 3.63) is 65.0 Å². The molecule has 1 amide bonds. The molecule has 0 aliphatic heterocycles. The van der Waals surface area contributed by atoms with E-state index in [-0.39, 0.29) is 17.5 Å². The second kappa shape index (κ2) is 5.99. The molecule has 24 heavy (non-hydrogen) atoms. The summed E-state index contributed by atoms with van der Waals surface area (Å²) in [5.41, 5.74) is 2.29. The first-order chi connectivity index (χ1) is 11.3. The number of primary sulfonamides is 1. The van der Waals surface area contributed by atoms with E-state index in [0.29, 0.717) is 0 Å². The molecule has 2 aromatic carbocycles. The molecule has 126 valence electrons. The molecule has 3 rings (SSSR count). The second-order valence-corrected chi connectivity index (χ2v) is 7.55. The molecule has 0 saturated carbocycles. The molecule has 0 radical (unpaired) electrons. The van der Waals surface area contributed by atoms with E-state index in [1.54, 1.807) is 0 Å². The molecule has 1 aliphatic rings. The maximum absolute atomic E-state index is 13.9. The Labute approximate surface area is 139 Å². The third kappa shape index (κ3) is 3.05. The van der Waals surface area contributed by atoms with Crippen molar-refractivity contribution < 1.29 is 17.6 Å². The first kappa shape index (κ1) is 16.6. The predicted molar refractivity (Wildman–Crippen MR) is 87.3 cm³/mol. The van der Waals surface area contributed by atoms with Gasteiger partial charge in [0.05, 0.1) is 6.04 Å². The van der Waals surface area contributed by atoms with Gasteiger partial charge in [0.25, 0.3) is 5.91 Å².